The van der Waals surface area contributed by atoms with Gasteiger partial charge in [0, 0.05) is 39.3 Å². The number of hydrogen-bond acceptors (Lipinski definition) is 3. The maximum atomic E-state index is 5.52. The van der Waals surface area contributed by atoms with Crippen molar-refractivity contribution in [2.75, 3.05) is 39.3 Å². The van der Waals surface area contributed by atoms with Crippen LogP contribution in [0.1, 0.15) is 25.3 Å². The second kappa shape index (κ2) is 7.28. The molecule has 3 atom stereocenters. The van der Waals surface area contributed by atoms with Gasteiger partial charge in [0.05, 0.1) is 6.61 Å². The highest BCUT2D eigenvalue weighted by Crippen LogP contribution is 2.43. The Kier molecular flexibility index (Phi) is 4.91. The third kappa shape index (κ3) is 3.68. The summed E-state index contributed by atoms with van der Waals surface area (Å²) in [5.74, 6) is 3.70. The Morgan fingerprint density at radius 1 is 0.958 bits per heavy atom. The van der Waals surface area contributed by atoms with Gasteiger partial charge in [0.25, 0.3) is 0 Å². The minimum Gasteiger partial charge on any atom is -0.494 e. The van der Waals surface area contributed by atoms with Crippen molar-refractivity contribution in [3.63, 3.8) is 0 Å². The number of hydrogen-bond donors (Lipinski definition) is 0. The first-order valence-corrected chi connectivity index (χ1v) is 9.65. The second-order valence-electron chi connectivity index (χ2n) is 7.69. The Bertz CT molecular complexity index is 560. The molecule has 130 valence electrons. The molecule has 1 saturated heterocycles. The molecular formula is C21H30N2O. The van der Waals surface area contributed by atoms with Gasteiger partial charge in [-0.15, -0.1) is 0 Å². The zero-order chi connectivity index (χ0) is 16.4. The standard InChI is InChI=1S/C21H30N2O/c1-2-24-21-7-4-17(5-8-21)15-22-9-11-23(12-10-22)16-20-14-18-3-6-19(20)13-18/h3-8,18-20H,2,9-16H2,1H3/t18-,19+,20-/m1/s1. The van der Waals surface area contributed by atoms with Gasteiger partial charge in [-0.25, -0.2) is 0 Å². The minimum absolute atomic E-state index is 0.736. The molecule has 2 bridgehead atoms. The Hall–Kier alpha value is -1.32. The smallest absolute Gasteiger partial charge is 0.119 e. The van der Waals surface area contributed by atoms with E-state index in [4.69, 9.17) is 4.74 Å². The first kappa shape index (κ1) is 16.2. The van der Waals surface area contributed by atoms with Gasteiger partial charge in [-0.1, -0.05) is 24.3 Å². The largest absolute Gasteiger partial charge is 0.494 e. The monoisotopic (exact) mass is 326 g/mol. The summed E-state index contributed by atoms with van der Waals surface area (Å²) in [7, 11) is 0. The van der Waals surface area contributed by atoms with Crippen LogP contribution in [0.4, 0.5) is 0 Å². The molecule has 3 nitrogen and oxygen atoms in total. The predicted molar refractivity (Wildman–Crippen MR) is 98.2 cm³/mol. The fourth-order valence-corrected chi connectivity index (χ4v) is 4.68. The van der Waals surface area contributed by atoms with Crippen LogP contribution in [0.15, 0.2) is 36.4 Å². The molecule has 2 aliphatic carbocycles. The van der Waals surface area contributed by atoms with Crippen molar-refractivity contribution in [2.24, 2.45) is 17.8 Å². The van der Waals surface area contributed by atoms with Crippen LogP contribution >= 0.6 is 0 Å². The maximum absolute atomic E-state index is 5.52. The molecule has 1 aromatic rings. The lowest BCUT2D eigenvalue weighted by atomic mass is 9.93. The second-order valence-corrected chi connectivity index (χ2v) is 7.69. The Morgan fingerprint density at radius 3 is 2.33 bits per heavy atom. The quantitative estimate of drug-likeness (QED) is 0.745. The number of rotatable bonds is 6. The first-order valence-electron chi connectivity index (χ1n) is 9.65. The summed E-state index contributed by atoms with van der Waals surface area (Å²) in [5.41, 5.74) is 1.39. The van der Waals surface area contributed by atoms with E-state index in [1.807, 2.05) is 6.92 Å². The third-order valence-electron chi connectivity index (χ3n) is 6.01. The normalized spacial score (nSPS) is 30.1. The van der Waals surface area contributed by atoms with Gasteiger partial charge in [0.15, 0.2) is 0 Å². The molecule has 3 heteroatoms. The van der Waals surface area contributed by atoms with E-state index in [1.54, 1.807) is 0 Å². The average Bonchev–Trinajstić information content (AvgIpc) is 3.22. The number of ether oxygens (including phenoxy) is 1. The van der Waals surface area contributed by atoms with Gasteiger partial charge in [0.2, 0.25) is 0 Å². The SMILES string of the molecule is CCOc1ccc(CN2CCN(C[C@H]3C[C@@H]4C=C[C@H]3C4)CC2)cc1. The summed E-state index contributed by atoms with van der Waals surface area (Å²) in [6.07, 6.45) is 7.81. The fraction of sp³-hybridized carbons (Fsp3) is 0.619. The van der Waals surface area contributed by atoms with E-state index in [2.05, 4.69) is 46.2 Å². The van der Waals surface area contributed by atoms with Gasteiger partial charge in [-0.3, -0.25) is 4.90 Å². The number of piperazine rings is 1. The molecule has 0 spiro atoms. The number of benzene rings is 1. The molecule has 0 N–H and O–H groups in total. The summed E-state index contributed by atoms with van der Waals surface area (Å²) >= 11 is 0. The van der Waals surface area contributed by atoms with E-state index in [1.165, 1.54) is 51.1 Å². The van der Waals surface area contributed by atoms with Crippen LogP contribution in [-0.2, 0) is 6.54 Å². The predicted octanol–water partition coefficient (Wildman–Crippen LogP) is 3.42. The van der Waals surface area contributed by atoms with Gasteiger partial charge in [-0.05, 0) is 55.2 Å². The highest BCUT2D eigenvalue weighted by atomic mass is 16.5. The molecule has 24 heavy (non-hydrogen) atoms. The van der Waals surface area contributed by atoms with E-state index in [9.17, 15) is 0 Å². The molecule has 0 unspecified atom stereocenters. The van der Waals surface area contributed by atoms with Crippen LogP contribution < -0.4 is 4.74 Å². The van der Waals surface area contributed by atoms with Gasteiger partial charge < -0.3 is 9.64 Å². The topological polar surface area (TPSA) is 15.7 Å². The number of fused-ring (bicyclic) bond motifs is 2. The van der Waals surface area contributed by atoms with Crippen molar-refractivity contribution < 1.29 is 4.74 Å². The van der Waals surface area contributed by atoms with Gasteiger partial charge in [0.1, 0.15) is 5.75 Å². The summed E-state index contributed by atoms with van der Waals surface area (Å²) in [6, 6.07) is 8.60. The lowest BCUT2D eigenvalue weighted by Gasteiger charge is -2.37. The lowest BCUT2D eigenvalue weighted by molar-refractivity contribution is 0.108. The summed E-state index contributed by atoms with van der Waals surface area (Å²) < 4.78 is 5.52. The summed E-state index contributed by atoms with van der Waals surface area (Å²) in [5, 5.41) is 0. The minimum atomic E-state index is 0.736. The molecule has 0 aromatic heterocycles. The summed E-state index contributed by atoms with van der Waals surface area (Å²) in [6.45, 7) is 10.0. The van der Waals surface area contributed by atoms with Crippen LogP contribution in [0, 0.1) is 17.8 Å². The molecular weight excluding hydrogens is 296 g/mol. The molecule has 4 rings (SSSR count). The zero-order valence-corrected chi connectivity index (χ0v) is 14.9. The average molecular weight is 326 g/mol. The van der Waals surface area contributed by atoms with E-state index >= 15 is 0 Å². The van der Waals surface area contributed by atoms with Crippen LogP contribution in [0.2, 0.25) is 0 Å². The molecule has 1 aliphatic heterocycles. The molecule has 1 aromatic carbocycles. The first-order chi connectivity index (χ1) is 11.8. The van der Waals surface area contributed by atoms with Crippen molar-refractivity contribution in [1.29, 1.82) is 0 Å². The highest BCUT2D eigenvalue weighted by Gasteiger charge is 2.36. The molecule has 0 radical (unpaired) electrons. The lowest BCUT2D eigenvalue weighted by Crippen LogP contribution is -2.47. The van der Waals surface area contributed by atoms with Crippen LogP contribution in [-0.4, -0.2) is 49.1 Å². The van der Waals surface area contributed by atoms with Crippen LogP contribution in [0.5, 0.6) is 5.75 Å². The zero-order valence-electron chi connectivity index (χ0n) is 14.9. The number of allylic oxidation sites excluding steroid dienone is 2. The molecule has 0 amide bonds. The fourth-order valence-electron chi connectivity index (χ4n) is 4.68. The van der Waals surface area contributed by atoms with Crippen molar-refractivity contribution in [3.05, 3.63) is 42.0 Å². The van der Waals surface area contributed by atoms with E-state index < -0.39 is 0 Å². The van der Waals surface area contributed by atoms with Crippen LogP contribution in [0.3, 0.4) is 0 Å². The Balaban J connectivity index is 1.22. The van der Waals surface area contributed by atoms with Crippen molar-refractivity contribution >= 4 is 0 Å². The molecule has 3 aliphatic rings. The maximum Gasteiger partial charge on any atom is 0.119 e. The van der Waals surface area contributed by atoms with Crippen LogP contribution in [0.25, 0.3) is 0 Å². The highest BCUT2D eigenvalue weighted by molar-refractivity contribution is 5.27. The van der Waals surface area contributed by atoms with E-state index in [0.29, 0.717) is 0 Å². The Labute approximate surface area is 146 Å². The van der Waals surface area contributed by atoms with Gasteiger partial charge >= 0.3 is 0 Å². The molecule has 1 heterocycles. The van der Waals surface area contributed by atoms with Crippen molar-refractivity contribution in [2.45, 2.75) is 26.3 Å². The third-order valence-corrected chi connectivity index (χ3v) is 6.01. The number of nitrogens with zero attached hydrogens (tertiary/aromatic N) is 2. The molecule has 2 fully saturated rings. The Morgan fingerprint density at radius 2 is 1.71 bits per heavy atom. The van der Waals surface area contributed by atoms with E-state index in [-0.39, 0.29) is 0 Å². The van der Waals surface area contributed by atoms with Crippen molar-refractivity contribution in [1.82, 2.24) is 9.80 Å². The van der Waals surface area contributed by atoms with E-state index in [0.717, 1.165) is 36.7 Å². The van der Waals surface area contributed by atoms with Gasteiger partial charge in [-0.2, -0.15) is 0 Å². The summed E-state index contributed by atoms with van der Waals surface area (Å²) in [4.78, 5) is 5.29. The van der Waals surface area contributed by atoms with Crippen molar-refractivity contribution in [3.8, 4) is 5.75 Å². The molecule has 1 saturated carbocycles.